The maximum absolute atomic E-state index is 5.91. The van der Waals surface area contributed by atoms with Crippen LogP contribution in [0.4, 0.5) is 0 Å². The molecule has 1 aromatic carbocycles. The summed E-state index contributed by atoms with van der Waals surface area (Å²) in [6.45, 7) is 8.19. The van der Waals surface area contributed by atoms with Gasteiger partial charge in [-0.25, -0.2) is 0 Å². The van der Waals surface area contributed by atoms with Crippen molar-refractivity contribution in [2.24, 2.45) is 0 Å². The molecular formula is C16H27NO2. The second-order valence-corrected chi connectivity index (χ2v) is 4.74. The number of rotatable bonds is 9. The fourth-order valence-corrected chi connectivity index (χ4v) is 2.10. The number of unbranched alkanes of at least 4 members (excludes halogenated alkanes) is 1. The van der Waals surface area contributed by atoms with Gasteiger partial charge in [-0.3, -0.25) is 0 Å². The van der Waals surface area contributed by atoms with Crippen molar-refractivity contribution in [3.63, 3.8) is 0 Å². The van der Waals surface area contributed by atoms with E-state index in [-0.39, 0.29) is 12.1 Å². The van der Waals surface area contributed by atoms with Crippen LogP contribution in [0.25, 0.3) is 0 Å². The Balaban J connectivity index is 2.68. The molecule has 0 saturated carbocycles. The van der Waals surface area contributed by atoms with Crippen LogP contribution in [0, 0.1) is 0 Å². The normalized spacial score (nSPS) is 14.1. The van der Waals surface area contributed by atoms with E-state index in [2.05, 4.69) is 38.2 Å². The highest BCUT2D eigenvalue weighted by atomic mass is 16.5. The molecule has 0 aliphatic rings. The quantitative estimate of drug-likeness (QED) is 0.693. The van der Waals surface area contributed by atoms with Crippen molar-refractivity contribution in [2.45, 2.75) is 45.8 Å². The molecular weight excluding hydrogens is 238 g/mol. The average Bonchev–Trinajstić information content (AvgIpc) is 2.45. The SMILES string of the molecule is CCCCOC(C)C(NCC)c1ccc(OC)cc1. The van der Waals surface area contributed by atoms with Gasteiger partial charge in [0.15, 0.2) is 0 Å². The molecule has 0 radical (unpaired) electrons. The molecule has 1 aromatic rings. The zero-order chi connectivity index (χ0) is 14.1. The topological polar surface area (TPSA) is 30.5 Å². The molecule has 0 bridgehead atoms. The predicted molar refractivity (Wildman–Crippen MR) is 79.7 cm³/mol. The molecule has 1 N–H and O–H groups in total. The van der Waals surface area contributed by atoms with E-state index in [9.17, 15) is 0 Å². The Morgan fingerprint density at radius 2 is 1.84 bits per heavy atom. The molecule has 0 fully saturated rings. The van der Waals surface area contributed by atoms with Crippen LogP contribution in [0.15, 0.2) is 24.3 Å². The summed E-state index contributed by atoms with van der Waals surface area (Å²) in [5.74, 6) is 0.888. The van der Waals surface area contributed by atoms with Gasteiger partial charge in [-0.2, -0.15) is 0 Å². The minimum Gasteiger partial charge on any atom is -0.497 e. The van der Waals surface area contributed by atoms with Crippen molar-refractivity contribution in [3.05, 3.63) is 29.8 Å². The summed E-state index contributed by atoms with van der Waals surface area (Å²) < 4.78 is 11.1. The molecule has 0 spiro atoms. The summed E-state index contributed by atoms with van der Waals surface area (Å²) in [4.78, 5) is 0. The monoisotopic (exact) mass is 265 g/mol. The number of benzene rings is 1. The largest absolute Gasteiger partial charge is 0.497 e. The number of nitrogens with one attached hydrogen (secondary N) is 1. The van der Waals surface area contributed by atoms with Gasteiger partial charge in [-0.1, -0.05) is 32.4 Å². The van der Waals surface area contributed by atoms with E-state index in [0.717, 1.165) is 25.3 Å². The molecule has 0 aromatic heterocycles. The Morgan fingerprint density at radius 3 is 2.37 bits per heavy atom. The second-order valence-electron chi connectivity index (χ2n) is 4.74. The van der Waals surface area contributed by atoms with E-state index in [1.165, 1.54) is 12.0 Å². The first-order valence-corrected chi connectivity index (χ1v) is 7.21. The van der Waals surface area contributed by atoms with E-state index in [1.807, 2.05) is 12.1 Å². The molecule has 3 nitrogen and oxygen atoms in total. The summed E-state index contributed by atoms with van der Waals surface area (Å²) in [5.41, 5.74) is 1.24. The Labute approximate surface area is 117 Å². The van der Waals surface area contributed by atoms with Crippen molar-refractivity contribution in [3.8, 4) is 5.75 Å². The Morgan fingerprint density at radius 1 is 1.16 bits per heavy atom. The third-order valence-corrected chi connectivity index (χ3v) is 3.25. The fraction of sp³-hybridized carbons (Fsp3) is 0.625. The molecule has 0 aliphatic carbocycles. The van der Waals surface area contributed by atoms with Crippen molar-refractivity contribution < 1.29 is 9.47 Å². The third kappa shape index (κ3) is 5.21. The maximum Gasteiger partial charge on any atom is 0.118 e. The Bertz CT molecular complexity index is 337. The molecule has 2 atom stereocenters. The average molecular weight is 265 g/mol. The number of methoxy groups -OCH3 is 1. The molecule has 1 rings (SSSR count). The molecule has 0 amide bonds. The minimum absolute atomic E-state index is 0.167. The van der Waals surface area contributed by atoms with Crippen LogP contribution >= 0.6 is 0 Å². The van der Waals surface area contributed by atoms with Gasteiger partial charge >= 0.3 is 0 Å². The van der Waals surface area contributed by atoms with Crippen LogP contribution in [-0.4, -0.2) is 26.4 Å². The summed E-state index contributed by atoms with van der Waals surface area (Å²) in [6.07, 6.45) is 2.45. The van der Waals surface area contributed by atoms with Crippen LogP contribution in [0.3, 0.4) is 0 Å². The lowest BCUT2D eigenvalue weighted by molar-refractivity contribution is 0.0372. The number of ether oxygens (including phenoxy) is 2. The highest BCUT2D eigenvalue weighted by molar-refractivity contribution is 5.29. The van der Waals surface area contributed by atoms with Gasteiger partial charge in [-0.15, -0.1) is 0 Å². The first kappa shape index (κ1) is 16.0. The number of hydrogen-bond acceptors (Lipinski definition) is 3. The smallest absolute Gasteiger partial charge is 0.118 e. The van der Waals surface area contributed by atoms with Crippen LogP contribution < -0.4 is 10.1 Å². The van der Waals surface area contributed by atoms with Gasteiger partial charge in [0.05, 0.1) is 19.3 Å². The molecule has 3 heteroatoms. The van der Waals surface area contributed by atoms with Crippen molar-refractivity contribution >= 4 is 0 Å². The summed E-state index contributed by atoms with van der Waals surface area (Å²) in [5, 5.41) is 3.50. The zero-order valence-electron chi connectivity index (χ0n) is 12.6. The number of hydrogen-bond donors (Lipinski definition) is 1. The van der Waals surface area contributed by atoms with Gasteiger partial charge in [-0.05, 0) is 37.6 Å². The van der Waals surface area contributed by atoms with E-state index in [1.54, 1.807) is 7.11 Å². The van der Waals surface area contributed by atoms with Crippen molar-refractivity contribution in [1.29, 1.82) is 0 Å². The van der Waals surface area contributed by atoms with Gasteiger partial charge in [0, 0.05) is 6.61 Å². The molecule has 0 saturated heterocycles. The first-order chi connectivity index (χ1) is 9.22. The summed E-state index contributed by atoms with van der Waals surface area (Å²) >= 11 is 0. The van der Waals surface area contributed by atoms with Gasteiger partial charge in [0.25, 0.3) is 0 Å². The number of likely N-dealkylation sites (N-methyl/N-ethyl adjacent to an activating group) is 1. The standard InChI is InChI=1S/C16H27NO2/c1-5-7-12-19-13(3)16(17-6-2)14-8-10-15(18-4)11-9-14/h8-11,13,16-17H,5-7,12H2,1-4H3. The summed E-state index contributed by atoms with van der Waals surface area (Å²) in [6, 6.07) is 8.43. The third-order valence-electron chi connectivity index (χ3n) is 3.25. The molecule has 2 unspecified atom stereocenters. The lowest BCUT2D eigenvalue weighted by Crippen LogP contribution is -2.32. The Hall–Kier alpha value is -1.06. The van der Waals surface area contributed by atoms with Gasteiger partial charge in [0.2, 0.25) is 0 Å². The fourth-order valence-electron chi connectivity index (χ4n) is 2.10. The molecule has 0 heterocycles. The lowest BCUT2D eigenvalue weighted by atomic mass is 10.0. The molecule has 0 aliphatic heterocycles. The Kier molecular flexibility index (Phi) is 7.53. The van der Waals surface area contributed by atoms with Gasteiger partial charge < -0.3 is 14.8 Å². The highest BCUT2D eigenvalue weighted by Gasteiger charge is 2.18. The first-order valence-electron chi connectivity index (χ1n) is 7.21. The van der Waals surface area contributed by atoms with E-state index >= 15 is 0 Å². The molecule has 19 heavy (non-hydrogen) atoms. The van der Waals surface area contributed by atoms with Crippen LogP contribution in [0.5, 0.6) is 5.75 Å². The van der Waals surface area contributed by atoms with E-state index in [4.69, 9.17) is 9.47 Å². The predicted octanol–water partition coefficient (Wildman–Crippen LogP) is 3.55. The van der Waals surface area contributed by atoms with Crippen LogP contribution in [0.1, 0.15) is 45.2 Å². The van der Waals surface area contributed by atoms with E-state index < -0.39 is 0 Å². The van der Waals surface area contributed by atoms with E-state index in [0.29, 0.717) is 0 Å². The lowest BCUT2D eigenvalue weighted by Gasteiger charge is -2.25. The van der Waals surface area contributed by atoms with Crippen LogP contribution in [0.2, 0.25) is 0 Å². The van der Waals surface area contributed by atoms with Gasteiger partial charge in [0.1, 0.15) is 5.75 Å². The second kappa shape index (κ2) is 8.94. The minimum atomic E-state index is 0.167. The van der Waals surface area contributed by atoms with Crippen molar-refractivity contribution in [1.82, 2.24) is 5.32 Å². The maximum atomic E-state index is 5.91. The highest BCUT2D eigenvalue weighted by Crippen LogP contribution is 2.22. The zero-order valence-corrected chi connectivity index (χ0v) is 12.6. The van der Waals surface area contributed by atoms with Crippen molar-refractivity contribution in [2.75, 3.05) is 20.3 Å². The molecule has 108 valence electrons. The summed E-state index contributed by atoms with van der Waals surface area (Å²) in [7, 11) is 1.69. The van der Waals surface area contributed by atoms with Crippen LogP contribution in [-0.2, 0) is 4.74 Å².